The molecule has 0 aliphatic carbocycles. The molecule has 0 aromatic heterocycles. The van der Waals surface area contributed by atoms with Gasteiger partial charge in [0.25, 0.3) is 5.91 Å². The topological polar surface area (TPSA) is 64.8 Å². The summed E-state index contributed by atoms with van der Waals surface area (Å²) in [6.45, 7) is 4.38. The fourth-order valence-electron chi connectivity index (χ4n) is 3.61. The fraction of sp³-hybridized carbons (Fsp3) is 0.381. The van der Waals surface area contributed by atoms with E-state index < -0.39 is 0 Å². The van der Waals surface area contributed by atoms with Gasteiger partial charge in [-0.1, -0.05) is 30.3 Å². The molecule has 0 radical (unpaired) electrons. The van der Waals surface area contributed by atoms with Crippen molar-refractivity contribution < 1.29 is 14.3 Å². The predicted octanol–water partition coefficient (Wildman–Crippen LogP) is 3.33. The van der Waals surface area contributed by atoms with Gasteiger partial charge in [-0.2, -0.15) is 0 Å². The van der Waals surface area contributed by atoms with Gasteiger partial charge in [0.2, 0.25) is 0 Å². The molecule has 3 rings (SSSR count). The van der Waals surface area contributed by atoms with Gasteiger partial charge in [0.15, 0.2) is 11.5 Å². The van der Waals surface area contributed by atoms with Gasteiger partial charge >= 0.3 is 0 Å². The summed E-state index contributed by atoms with van der Waals surface area (Å²) in [5.41, 5.74) is 7.83. The van der Waals surface area contributed by atoms with Crippen LogP contribution in [0.4, 0.5) is 0 Å². The second kappa shape index (κ2) is 9.62. The Kier molecular flexibility index (Phi) is 7.51. The quantitative estimate of drug-likeness (QED) is 0.821. The van der Waals surface area contributed by atoms with Crippen LogP contribution in [0.15, 0.2) is 48.5 Å². The highest BCUT2D eigenvalue weighted by molar-refractivity contribution is 5.95. The van der Waals surface area contributed by atoms with Crippen molar-refractivity contribution in [1.82, 2.24) is 4.90 Å². The van der Waals surface area contributed by atoms with Crippen LogP contribution < -0.4 is 15.2 Å². The first-order chi connectivity index (χ1) is 12.7. The summed E-state index contributed by atoms with van der Waals surface area (Å²) in [6.07, 6.45) is 0. The first kappa shape index (κ1) is 21.1. The molecule has 6 heteroatoms. The van der Waals surface area contributed by atoms with Crippen molar-refractivity contribution in [3.05, 3.63) is 59.7 Å². The average molecular weight is 391 g/mol. The van der Waals surface area contributed by atoms with E-state index in [0.717, 1.165) is 0 Å². The van der Waals surface area contributed by atoms with Crippen molar-refractivity contribution in [2.24, 2.45) is 11.7 Å². The van der Waals surface area contributed by atoms with Crippen molar-refractivity contribution in [3.63, 3.8) is 0 Å². The maximum absolute atomic E-state index is 13.0. The number of nitrogens with two attached hydrogens (primary N) is 1. The van der Waals surface area contributed by atoms with E-state index >= 15 is 0 Å². The van der Waals surface area contributed by atoms with Gasteiger partial charge in [0.05, 0.1) is 13.7 Å². The van der Waals surface area contributed by atoms with Crippen LogP contribution in [0.3, 0.4) is 0 Å². The van der Waals surface area contributed by atoms with Gasteiger partial charge in [-0.3, -0.25) is 4.79 Å². The minimum absolute atomic E-state index is 0. The molecule has 1 aliphatic rings. The number of likely N-dealkylation sites (tertiary alicyclic amines) is 1. The molecule has 1 heterocycles. The number of methoxy groups -OCH3 is 1. The minimum atomic E-state index is 0. The normalized spacial score (nSPS) is 18.7. The van der Waals surface area contributed by atoms with Gasteiger partial charge in [-0.15, -0.1) is 12.4 Å². The molecule has 0 unspecified atom stereocenters. The molecule has 2 aromatic rings. The highest BCUT2D eigenvalue weighted by Crippen LogP contribution is 2.34. The lowest BCUT2D eigenvalue weighted by Crippen LogP contribution is -2.29. The van der Waals surface area contributed by atoms with Crippen molar-refractivity contribution in [3.8, 4) is 11.5 Å². The SMILES string of the molecule is CCOc1ccc(C(=O)N2C[C@@H](CN)[C@H](c3ccccc3)C2)cc1OC.Cl. The molecule has 2 N–H and O–H groups in total. The first-order valence-corrected chi connectivity index (χ1v) is 9.03. The molecule has 146 valence electrons. The van der Waals surface area contributed by atoms with Crippen LogP contribution in [-0.4, -0.2) is 44.2 Å². The Hall–Kier alpha value is -2.24. The van der Waals surface area contributed by atoms with E-state index in [9.17, 15) is 4.79 Å². The van der Waals surface area contributed by atoms with Gasteiger partial charge in [-0.25, -0.2) is 0 Å². The van der Waals surface area contributed by atoms with Gasteiger partial charge in [0, 0.05) is 24.6 Å². The molecule has 2 aromatic carbocycles. The number of amides is 1. The van der Waals surface area contributed by atoms with Crippen molar-refractivity contribution in [2.45, 2.75) is 12.8 Å². The lowest BCUT2D eigenvalue weighted by Gasteiger charge is -2.18. The molecule has 1 amide bonds. The summed E-state index contributed by atoms with van der Waals surface area (Å²) >= 11 is 0. The third-order valence-corrected chi connectivity index (χ3v) is 4.97. The van der Waals surface area contributed by atoms with Crippen LogP contribution in [0.25, 0.3) is 0 Å². The Morgan fingerprint density at radius 3 is 2.52 bits per heavy atom. The van der Waals surface area contributed by atoms with Crippen molar-refractivity contribution in [1.29, 1.82) is 0 Å². The third-order valence-electron chi connectivity index (χ3n) is 4.97. The second-order valence-electron chi connectivity index (χ2n) is 6.52. The van der Waals surface area contributed by atoms with E-state index in [4.69, 9.17) is 15.2 Å². The first-order valence-electron chi connectivity index (χ1n) is 9.03. The molecule has 5 nitrogen and oxygen atoms in total. The van der Waals surface area contributed by atoms with E-state index in [-0.39, 0.29) is 30.2 Å². The van der Waals surface area contributed by atoms with Crippen LogP contribution in [0.1, 0.15) is 28.8 Å². The Bertz CT molecular complexity index is 754. The fourth-order valence-corrected chi connectivity index (χ4v) is 3.61. The number of ether oxygens (including phenoxy) is 2. The standard InChI is InChI=1S/C21H26N2O3.ClH/c1-3-26-19-10-9-16(11-20(19)25-2)21(24)23-13-17(12-22)18(14-23)15-7-5-4-6-8-15;/h4-11,17-18H,3,12-14,22H2,1-2H3;1H/t17-,18+;/m1./s1. The molecule has 1 saturated heterocycles. The number of carbonyl (C=O) groups excluding carboxylic acids is 1. The maximum atomic E-state index is 13.0. The number of rotatable bonds is 6. The molecule has 1 fully saturated rings. The summed E-state index contributed by atoms with van der Waals surface area (Å²) in [5, 5.41) is 0. The molecular formula is C21H27ClN2O3. The van der Waals surface area contributed by atoms with E-state index in [1.807, 2.05) is 30.0 Å². The Morgan fingerprint density at radius 2 is 1.89 bits per heavy atom. The van der Waals surface area contributed by atoms with E-state index in [1.54, 1.807) is 25.3 Å². The van der Waals surface area contributed by atoms with Crippen LogP contribution in [0.2, 0.25) is 0 Å². The van der Waals surface area contributed by atoms with Crippen LogP contribution in [-0.2, 0) is 0 Å². The van der Waals surface area contributed by atoms with E-state index in [0.29, 0.717) is 43.3 Å². The Labute approximate surface area is 166 Å². The number of hydrogen-bond acceptors (Lipinski definition) is 4. The zero-order chi connectivity index (χ0) is 18.5. The molecule has 0 saturated carbocycles. The molecule has 2 atom stereocenters. The number of halogens is 1. The Morgan fingerprint density at radius 1 is 1.15 bits per heavy atom. The molecule has 1 aliphatic heterocycles. The summed E-state index contributed by atoms with van der Waals surface area (Å²) < 4.78 is 10.9. The Balaban J connectivity index is 0.00000261. The molecular weight excluding hydrogens is 364 g/mol. The summed E-state index contributed by atoms with van der Waals surface area (Å²) in [4.78, 5) is 14.9. The van der Waals surface area contributed by atoms with Crippen LogP contribution in [0.5, 0.6) is 11.5 Å². The zero-order valence-electron chi connectivity index (χ0n) is 15.8. The smallest absolute Gasteiger partial charge is 0.254 e. The third kappa shape index (κ3) is 4.54. The molecule has 0 spiro atoms. The predicted molar refractivity (Wildman–Crippen MR) is 109 cm³/mol. The number of carbonyl (C=O) groups is 1. The van der Waals surface area contributed by atoms with Crippen LogP contribution >= 0.6 is 12.4 Å². The summed E-state index contributed by atoms with van der Waals surface area (Å²) in [6, 6.07) is 15.6. The zero-order valence-corrected chi connectivity index (χ0v) is 16.6. The highest BCUT2D eigenvalue weighted by Gasteiger charge is 2.35. The van der Waals surface area contributed by atoms with Gasteiger partial charge < -0.3 is 20.1 Å². The number of hydrogen-bond donors (Lipinski definition) is 1. The highest BCUT2D eigenvalue weighted by atomic mass is 35.5. The number of nitrogens with zero attached hydrogens (tertiary/aromatic N) is 1. The van der Waals surface area contributed by atoms with Crippen LogP contribution in [0, 0.1) is 5.92 Å². The van der Waals surface area contributed by atoms with Crippen molar-refractivity contribution >= 4 is 18.3 Å². The maximum Gasteiger partial charge on any atom is 0.254 e. The largest absolute Gasteiger partial charge is 0.493 e. The average Bonchev–Trinajstić information content (AvgIpc) is 3.13. The molecule has 0 bridgehead atoms. The van der Waals surface area contributed by atoms with Gasteiger partial charge in [0.1, 0.15) is 0 Å². The summed E-state index contributed by atoms with van der Waals surface area (Å²) in [7, 11) is 1.58. The minimum Gasteiger partial charge on any atom is -0.493 e. The van der Waals surface area contributed by atoms with Gasteiger partial charge in [-0.05, 0) is 43.1 Å². The van der Waals surface area contributed by atoms with E-state index in [1.165, 1.54) is 5.56 Å². The monoisotopic (exact) mass is 390 g/mol. The molecule has 27 heavy (non-hydrogen) atoms. The lowest BCUT2D eigenvalue weighted by molar-refractivity contribution is 0.0786. The van der Waals surface area contributed by atoms with Crippen molar-refractivity contribution in [2.75, 3.05) is 33.4 Å². The second-order valence-corrected chi connectivity index (χ2v) is 6.52. The summed E-state index contributed by atoms with van der Waals surface area (Å²) in [5.74, 6) is 1.77. The van der Waals surface area contributed by atoms with E-state index in [2.05, 4.69) is 12.1 Å². The lowest BCUT2D eigenvalue weighted by atomic mass is 9.89. The number of benzene rings is 2.